The van der Waals surface area contributed by atoms with Crippen molar-refractivity contribution in [3.8, 4) is 0 Å². The number of nitrogens with one attached hydrogen (secondary N) is 2. The molecule has 0 bridgehead atoms. The maximum Gasteiger partial charge on any atom is 0.282 e. The quantitative estimate of drug-likeness (QED) is 0.366. The van der Waals surface area contributed by atoms with Crippen LogP contribution in [0.1, 0.15) is 12.5 Å². The van der Waals surface area contributed by atoms with E-state index in [0.717, 1.165) is 16.9 Å². The molecule has 1 aromatic carbocycles. The smallest absolute Gasteiger partial charge is 0.282 e. The molecule has 0 aliphatic carbocycles. The van der Waals surface area contributed by atoms with E-state index in [2.05, 4.69) is 26.3 Å². The third-order valence-electron chi connectivity index (χ3n) is 3.54. The Bertz CT molecular complexity index is 770. The maximum atomic E-state index is 9.22. The second-order valence-electron chi connectivity index (χ2n) is 5.90. The highest BCUT2D eigenvalue weighted by atomic mass is 35.5. The summed E-state index contributed by atoms with van der Waals surface area (Å²) < 4.78 is 1.49. The van der Waals surface area contributed by atoms with Crippen molar-refractivity contribution in [2.75, 3.05) is 18.5 Å². The number of halogens is 1. The number of nitrogens with zero attached hydrogens (tertiary/aromatic N) is 3. The summed E-state index contributed by atoms with van der Waals surface area (Å²) in [6.45, 7) is 1.79. The fourth-order valence-corrected chi connectivity index (χ4v) is 2.73. The molecular formula is C19H25ClN6O2. The number of rotatable bonds is 6. The monoisotopic (exact) mass is 404 g/mol. The number of aliphatic hydroxyl groups is 2. The molecule has 0 saturated heterocycles. The first-order chi connectivity index (χ1) is 13.5. The Morgan fingerprint density at radius 2 is 1.86 bits per heavy atom. The lowest BCUT2D eigenvalue weighted by molar-refractivity contribution is 0.203. The lowest BCUT2D eigenvalue weighted by Crippen LogP contribution is -2.60. The molecule has 0 saturated carbocycles. The van der Waals surface area contributed by atoms with E-state index in [0.29, 0.717) is 6.54 Å². The minimum absolute atomic E-state index is 0.0349. The fraction of sp³-hybridized carbons (Fsp3) is 0.263. The molecule has 3 rings (SSSR count). The van der Waals surface area contributed by atoms with Gasteiger partial charge in [-0.3, -0.25) is 10.3 Å². The van der Waals surface area contributed by atoms with Crippen molar-refractivity contribution >= 4 is 29.4 Å². The van der Waals surface area contributed by atoms with Crippen LogP contribution < -0.4 is 16.4 Å². The van der Waals surface area contributed by atoms with Crippen LogP contribution in [-0.4, -0.2) is 51.1 Å². The van der Waals surface area contributed by atoms with Crippen LogP contribution in [0.3, 0.4) is 0 Å². The summed E-state index contributed by atoms with van der Waals surface area (Å²) in [5.74, 6) is -1.11. The van der Waals surface area contributed by atoms with Gasteiger partial charge in [-0.05, 0) is 37.3 Å². The van der Waals surface area contributed by atoms with Crippen LogP contribution in [0.5, 0.6) is 0 Å². The standard InChI is InChI=1S/C17H18ClN5O.C2H7NO/c18-23-16(14-6-9-19-10-7-14)8-11-20-17(23,21-12-13-24)22-15-4-2-1-3-5-15;1-2(3)4/h1-11,21-22,24H,12-13H2;2,4H,3H2,1H3. The predicted octanol–water partition coefficient (Wildman–Crippen LogP) is 1.55. The largest absolute Gasteiger partial charge is 0.395 e. The van der Waals surface area contributed by atoms with Gasteiger partial charge in [-0.2, -0.15) is 0 Å². The average Bonchev–Trinajstić information content (AvgIpc) is 2.69. The number of nitrogens with two attached hydrogens (primary N) is 1. The third-order valence-corrected chi connectivity index (χ3v) is 3.97. The molecule has 1 aliphatic rings. The molecule has 1 aromatic heterocycles. The zero-order valence-corrected chi connectivity index (χ0v) is 16.3. The Morgan fingerprint density at radius 3 is 2.46 bits per heavy atom. The van der Waals surface area contributed by atoms with Crippen LogP contribution in [0, 0.1) is 0 Å². The topological polar surface area (TPSA) is 119 Å². The second-order valence-corrected chi connectivity index (χ2v) is 6.24. The Kier molecular flexibility index (Phi) is 8.37. The Hall–Kier alpha value is -2.49. The molecule has 0 spiro atoms. The number of hydrogen-bond donors (Lipinski definition) is 5. The molecule has 0 fully saturated rings. The van der Waals surface area contributed by atoms with E-state index >= 15 is 0 Å². The molecule has 0 radical (unpaired) electrons. The van der Waals surface area contributed by atoms with Crippen molar-refractivity contribution < 1.29 is 10.2 Å². The van der Waals surface area contributed by atoms with Crippen LogP contribution >= 0.6 is 11.8 Å². The van der Waals surface area contributed by atoms with Gasteiger partial charge in [0.25, 0.3) is 5.91 Å². The predicted molar refractivity (Wildman–Crippen MR) is 112 cm³/mol. The van der Waals surface area contributed by atoms with Crippen molar-refractivity contribution in [3.05, 3.63) is 66.5 Å². The van der Waals surface area contributed by atoms with Crippen LogP contribution in [0.25, 0.3) is 5.70 Å². The molecule has 150 valence electrons. The number of pyridine rings is 1. The Balaban J connectivity index is 0.000000640. The molecule has 28 heavy (non-hydrogen) atoms. The summed E-state index contributed by atoms with van der Waals surface area (Å²) in [5, 5.41) is 23.5. The number of aromatic nitrogens is 1. The van der Waals surface area contributed by atoms with E-state index in [9.17, 15) is 5.11 Å². The van der Waals surface area contributed by atoms with Gasteiger partial charge in [-0.15, -0.1) is 0 Å². The minimum Gasteiger partial charge on any atom is -0.395 e. The minimum atomic E-state index is -1.11. The van der Waals surface area contributed by atoms with E-state index in [1.807, 2.05) is 48.5 Å². The molecule has 0 amide bonds. The number of aliphatic imine (C=N–C) groups is 1. The zero-order chi connectivity index (χ0) is 20.4. The summed E-state index contributed by atoms with van der Waals surface area (Å²) in [6.07, 6.45) is 6.27. The molecule has 2 atom stereocenters. The molecule has 6 N–H and O–H groups in total. The molecular weight excluding hydrogens is 380 g/mol. The van der Waals surface area contributed by atoms with Gasteiger partial charge in [0.1, 0.15) is 0 Å². The summed E-state index contributed by atoms with van der Waals surface area (Å²) in [7, 11) is 0. The fourth-order valence-electron chi connectivity index (χ4n) is 2.43. The molecule has 8 nitrogen and oxygen atoms in total. The zero-order valence-electron chi connectivity index (χ0n) is 15.5. The van der Waals surface area contributed by atoms with Crippen molar-refractivity contribution in [1.29, 1.82) is 0 Å². The Morgan fingerprint density at radius 1 is 1.21 bits per heavy atom. The molecule has 2 heterocycles. The first kappa shape index (κ1) is 21.8. The highest BCUT2D eigenvalue weighted by Crippen LogP contribution is 2.32. The summed E-state index contributed by atoms with van der Waals surface area (Å²) in [4.78, 5) is 8.53. The number of anilines is 1. The van der Waals surface area contributed by atoms with Gasteiger partial charge < -0.3 is 21.3 Å². The van der Waals surface area contributed by atoms with Gasteiger partial charge in [0.05, 0.1) is 18.5 Å². The van der Waals surface area contributed by atoms with E-state index in [1.165, 1.54) is 11.3 Å². The molecule has 2 unspecified atom stereocenters. The average molecular weight is 405 g/mol. The molecule has 9 heteroatoms. The lowest BCUT2D eigenvalue weighted by atomic mass is 10.1. The second kappa shape index (κ2) is 10.7. The summed E-state index contributed by atoms with van der Waals surface area (Å²) in [6, 6.07) is 13.4. The van der Waals surface area contributed by atoms with Crippen molar-refractivity contribution in [1.82, 2.24) is 14.7 Å². The number of aliphatic hydroxyl groups excluding tert-OH is 2. The van der Waals surface area contributed by atoms with E-state index in [4.69, 9.17) is 16.9 Å². The number of allylic oxidation sites excluding steroid dienone is 1. The van der Waals surface area contributed by atoms with Crippen molar-refractivity contribution in [2.45, 2.75) is 19.1 Å². The van der Waals surface area contributed by atoms with E-state index < -0.39 is 12.1 Å². The van der Waals surface area contributed by atoms with Crippen LogP contribution in [-0.2, 0) is 0 Å². The van der Waals surface area contributed by atoms with Gasteiger partial charge in [0.2, 0.25) is 0 Å². The first-order valence-corrected chi connectivity index (χ1v) is 9.07. The van der Waals surface area contributed by atoms with E-state index in [1.54, 1.807) is 18.6 Å². The lowest BCUT2D eigenvalue weighted by Gasteiger charge is -2.41. The summed E-state index contributed by atoms with van der Waals surface area (Å²) >= 11 is 6.65. The van der Waals surface area contributed by atoms with E-state index in [-0.39, 0.29) is 6.61 Å². The van der Waals surface area contributed by atoms with Crippen LogP contribution in [0.2, 0.25) is 0 Å². The highest BCUT2D eigenvalue weighted by Gasteiger charge is 2.38. The molecule has 1 aliphatic heterocycles. The number of para-hydroxylation sites is 1. The molecule has 2 aromatic rings. The van der Waals surface area contributed by atoms with Crippen molar-refractivity contribution in [2.24, 2.45) is 10.7 Å². The number of hydrogen-bond acceptors (Lipinski definition) is 8. The SMILES string of the molecule is CC(N)O.OCCNC1(Nc2ccccc2)N=CC=C(c2ccncc2)N1Cl. The van der Waals surface area contributed by atoms with Gasteiger partial charge in [0.15, 0.2) is 0 Å². The van der Waals surface area contributed by atoms with Gasteiger partial charge in [-0.25, -0.2) is 9.41 Å². The summed E-state index contributed by atoms with van der Waals surface area (Å²) in [5.41, 5.74) is 7.20. The third kappa shape index (κ3) is 6.01. The van der Waals surface area contributed by atoms with Crippen LogP contribution in [0.4, 0.5) is 5.69 Å². The number of benzene rings is 1. The first-order valence-electron chi connectivity index (χ1n) is 8.73. The van der Waals surface area contributed by atoms with Gasteiger partial charge in [-0.1, -0.05) is 18.2 Å². The maximum absolute atomic E-state index is 9.22. The Labute approximate surface area is 169 Å². The normalized spacial score (nSPS) is 19.3. The van der Waals surface area contributed by atoms with Gasteiger partial charge in [0, 0.05) is 48.2 Å². The van der Waals surface area contributed by atoms with Crippen molar-refractivity contribution in [3.63, 3.8) is 0 Å². The van der Waals surface area contributed by atoms with Crippen LogP contribution in [0.15, 0.2) is 65.9 Å². The highest BCUT2D eigenvalue weighted by molar-refractivity contribution is 6.19. The van der Waals surface area contributed by atoms with Gasteiger partial charge >= 0.3 is 0 Å².